The maximum Gasteiger partial charge on any atom is 0.253 e. The number of carbonyl (C=O) groups is 1. The van der Waals surface area contributed by atoms with Gasteiger partial charge in [0, 0.05) is 10.2 Å². The van der Waals surface area contributed by atoms with Gasteiger partial charge in [-0.1, -0.05) is 15.9 Å². The molecule has 1 aliphatic heterocycles. The number of aryl methyl sites for hydroxylation is 1. The summed E-state index contributed by atoms with van der Waals surface area (Å²) in [7, 11) is 0. The molecule has 1 aromatic carbocycles. The fourth-order valence-corrected chi connectivity index (χ4v) is 2.37. The number of nitrogens with zero attached hydrogens (tertiary/aromatic N) is 1. The van der Waals surface area contributed by atoms with E-state index in [1.54, 1.807) is 4.90 Å². The monoisotopic (exact) mass is 299 g/mol. The molecular weight excluding hydrogens is 286 g/mol. The first kappa shape index (κ1) is 12.5. The van der Waals surface area contributed by atoms with Gasteiger partial charge in [0.2, 0.25) is 0 Å². The van der Waals surface area contributed by atoms with Crippen LogP contribution in [0.1, 0.15) is 5.56 Å². The number of ether oxygens (including phenoxy) is 1. The van der Waals surface area contributed by atoms with Crippen molar-refractivity contribution in [2.45, 2.75) is 13.0 Å². The van der Waals surface area contributed by atoms with Gasteiger partial charge in [-0.3, -0.25) is 4.79 Å². The molecule has 17 heavy (non-hydrogen) atoms. The first-order valence-electron chi connectivity index (χ1n) is 5.41. The van der Waals surface area contributed by atoms with Crippen LogP contribution in [0, 0.1) is 6.92 Å². The van der Waals surface area contributed by atoms with Crippen molar-refractivity contribution in [1.82, 2.24) is 0 Å². The number of rotatable bonds is 2. The summed E-state index contributed by atoms with van der Waals surface area (Å²) in [6, 6.07) is 5.77. The quantitative estimate of drug-likeness (QED) is 0.900. The van der Waals surface area contributed by atoms with Gasteiger partial charge in [0.25, 0.3) is 5.91 Å². The summed E-state index contributed by atoms with van der Waals surface area (Å²) in [5.74, 6) is -0.0693. The zero-order valence-corrected chi connectivity index (χ0v) is 11.1. The summed E-state index contributed by atoms with van der Waals surface area (Å²) in [6.07, 6.45) is -0.296. The van der Waals surface area contributed by atoms with Crippen molar-refractivity contribution < 1.29 is 14.6 Å². The largest absolute Gasteiger partial charge is 0.394 e. The fraction of sp³-hybridized carbons (Fsp3) is 0.417. The number of halogens is 1. The minimum Gasteiger partial charge on any atom is -0.394 e. The van der Waals surface area contributed by atoms with Crippen LogP contribution in [-0.4, -0.2) is 36.9 Å². The van der Waals surface area contributed by atoms with Crippen LogP contribution in [-0.2, 0) is 9.53 Å². The summed E-state index contributed by atoms with van der Waals surface area (Å²) in [5.41, 5.74) is 1.89. The third-order valence-corrected chi connectivity index (χ3v) is 3.28. The van der Waals surface area contributed by atoms with E-state index in [0.717, 1.165) is 15.7 Å². The van der Waals surface area contributed by atoms with Crippen molar-refractivity contribution in [2.75, 3.05) is 24.7 Å². The second-order valence-electron chi connectivity index (χ2n) is 4.05. The number of hydrogen-bond donors (Lipinski definition) is 1. The number of aliphatic hydroxyl groups excluding tert-OH is 1. The molecule has 1 saturated heterocycles. The molecule has 1 amide bonds. The molecule has 0 aliphatic carbocycles. The van der Waals surface area contributed by atoms with E-state index in [4.69, 9.17) is 9.84 Å². The van der Waals surface area contributed by atoms with Crippen molar-refractivity contribution in [3.8, 4) is 0 Å². The van der Waals surface area contributed by atoms with Gasteiger partial charge in [-0.25, -0.2) is 0 Å². The molecule has 1 aromatic rings. The van der Waals surface area contributed by atoms with Crippen LogP contribution in [0.25, 0.3) is 0 Å². The summed E-state index contributed by atoms with van der Waals surface area (Å²) in [5, 5.41) is 9.08. The number of carbonyl (C=O) groups excluding carboxylic acids is 1. The number of aliphatic hydroxyl groups is 1. The molecule has 1 aliphatic rings. The highest BCUT2D eigenvalue weighted by Gasteiger charge is 2.27. The van der Waals surface area contributed by atoms with Crippen LogP contribution < -0.4 is 4.90 Å². The topological polar surface area (TPSA) is 49.8 Å². The maximum atomic E-state index is 11.8. The Morgan fingerprint density at radius 1 is 1.59 bits per heavy atom. The molecular formula is C12H14BrNO3. The minimum atomic E-state index is -0.296. The van der Waals surface area contributed by atoms with E-state index in [-0.39, 0.29) is 25.2 Å². The molecule has 2 rings (SSSR count). The van der Waals surface area contributed by atoms with E-state index >= 15 is 0 Å². The molecule has 1 unspecified atom stereocenters. The predicted molar refractivity (Wildman–Crippen MR) is 68.1 cm³/mol. The van der Waals surface area contributed by atoms with Crippen molar-refractivity contribution in [1.29, 1.82) is 0 Å². The Morgan fingerprint density at radius 3 is 3.00 bits per heavy atom. The lowest BCUT2D eigenvalue weighted by Crippen LogP contribution is -2.48. The Labute approximate surface area is 108 Å². The molecule has 92 valence electrons. The smallest absolute Gasteiger partial charge is 0.253 e. The van der Waals surface area contributed by atoms with E-state index in [1.807, 2.05) is 25.1 Å². The fourth-order valence-electron chi connectivity index (χ4n) is 1.89. The van der Waals surface area contributed by atoms with Crippen LogP contribution in [0.4, 0.5) is 5.69 Å². The SMILES string of the molecule is Cc1cc(Br)ccc1N1CC(CO)OCC1=O. The molecule has 1 N–H and O–H groups in total. The molecule has 0 aromatic heterocycles. The highest BCUT2D eigenvalue weighted by molar-refractivity contribution is 9.10. The summed E-state index contributed by atoms with van der Waals surface area (Å²) in [6.45, 7) is 2.31. The first-order chi connectivity index (χ1) is 8.11. The molecule has 0 spiro atoms. The van der Waals surface area contributed by atoms with Crippen molar-refractivity contribution in [2.24, 2.45) is 0 Å². The minimum absolute atomic E-state index is 0.0285. The third-order valence-electron chi connectivity index (χ3n) is 2.78. The average Bonchev–Trinajstić information content (AvgIpc) is 2.30. The molecule has 0 bridgehead atoms. The second-order valence-corrected chi connectivity index (χ2v) is 4.97. The van der Waals surface area contributed by atoms with Crippen LogP contribution >= 0.6 is 15.9 Å². The van der Waals surface area contributed by atoms with Crippen LogP contribution in [0.15, 0.2) is 22.7 Å². The number of anilines is 1. The van der Waals surface area contributed by atoms with E-state index in [9.17, 15) is 4.79 Å². The number of amides is 1. The van der Waals surface area contributed by atoms with Crippen LogP contribution in [0.3, 0.4) is 0 Å². The maximum absolute atomic E-state index is 11.8. The van der Waals surface area contributed by atoms with Gasteiger partial charge in [-0.15, -0.1) is 0 Å². The van der Waals surface area contributed by atoms with Gasteiger partial charge in [0.1, 0.15) is 6.61 Å². The molecule has 0 radical (unpaired) electrons. The lowest BCUT2D eigenvalue weighted by atomic mass is 10.1. The van der Waals surface area contributed by atoms with Crippen LogP contribution in [0.5, 0.6) is 0 Å². The van der Waals surface area contributed by atoms with Gasteiger partial charge in [0.05, 0.1) is 19.3 Å². The Kier molecular flexibility index (Phi) is 3.81. The zero-order valence-electron chi connectivity index (χ0n) is 9.52. The molecule has 0 saturated carbocycles. The molecule has 1 fully saturated rings. The van der Waals surface area contributed by atoms with E-state index in [2.05, 4.69) is 15.9 Å². The Hall–Kier alpha value is -0.910. The highest BCUT2D eigenvalue weighted by Crippen LogP contribution is 2.25. The van der Waals surface area contributed by atoms with Gasteiger partial charge >= 0.3 is 0 Å². The van der Waals surface area contributed by atoms with Gasteiger partial charge in [-0.2, -0.15) is 0 Å². The third kappa shape index (κ3) is 2.68. The van der Waals surface area contributed by atoms with Crippen molar-refractivity contribution >= 4 is 27.5 Å². The first-order valence-corrected chi connectivity index (χ1v) is 6.20. The summed E-state index contributed by atoms with van der Waals surface area (Å²) < 4.78 is 6.19. The van der Waals surface area contributed by atoms with Gasteiger partial charge in [-0.05, 0) is 30.7 Å². The number of morpholine rings is 1. The molecule has 1 heterocycles. The lowest BCUT2D eigenvalue weighted by Gasteiger charge is -2.32. The van der Waals surface area contributed by atoms with Gasteiger partial charge < -0.3 is 14.7 Å². The second kappa shape index (κ2) is 5.16. The van der Waals surface area contributed by atoms with Crippen molar-refractivity contribution in [3.05, 3.63) is 28.2 Å². The standard InChI is InChI=1S/C12H14BrNO3/c1-8-4-9(13)2-3-11(8)14-5-10(6-15)17-7-12(14)16/h2-4,10,15H,5-7H2,1H3. The lowest BCUT2D eigenvalue weighted by molar-refractivity contribution is -0.130. The Bertz CT molecular complexity index is 436. The molecule has 5 heteroatoms. The Balaban J connectivity index is 2.27. The molecule has 4 nitrogen and oxygen atoms in total. The number of hydrogen-bond acceptors (Lipinski definition) is 3. The molecule has 1 atom stereocenters. The number of benzene rings is 1. The van der Waals surface area contributed by atoms with Gasteiger partial charge in [0.15, 0.2) is 0 Å². The summed E-state index contributed by atoms with van der Waals surface area (Å²) >= 11 is 3.39. The Morgan fingerprint density at radius 2 is 2.35 bits per heavy atom. The van der Waals surface area contributed by atoms with E-state index < -0.39 is 0 Å². The highest BCUT2D eigenvalue weighted by atomic mass is 79.9. The zero-order chi connectivity index (χ0) is 12.4. The van der Waals surface area contributed by atoms with E-state index in [0.29, 0.717) is 6.54 Å². The normalized spacial score (nSPS) is 20.8. The van der Waals surface area contributed by atoms with E-state index in [1.165, 1.54) is 0 Å². The van der Waals surface area contributed by atoms with Crippen molar-refractivity contribution in [3.63, 3.8) is 0 Å². The van der Waals surface area contributed by atoms with Crippen LogP contribution in [0.2, 0.25) is 0 Å². The predicted octanol–water partition coefficient (Wildman–Crippen LogP) is 1.48. The summed E-state index contributed by atoms with van der Waals surface area (Å²) in [4.78, 5) is 13.5. The average molecular weight is 300 g/mol.